The average molecular weight is 816 g/mol. The quantitative estimate of drug-likeness (QED) is 0.131. The zero-order valence-corrected chi connectivity index (χ0v) is 39.5. The van der Waals surface area contributed by atoms with Gasteiger partial charge in [-0.05, 0) is 74.2 Å². The van der Waals surface area contributed by atoms with Crippen molar-refractivity contribution in [3.63, 3.8) is 0 Å². The number of ether oxygens (including phenoxy) is 2. The van der Waals surface area contributed by atoms with Crippen LogP contribution in [0.2, 0.25) is 54.4 Å². The van der Waals surface area contributed by atoms with Crippen molar-refractivity contribution in [2.75, 3.05) is 18.5 Å². The summed E-state index contributed by atoms with van der Waals surface area (Å²) in [7, 11) is -6.88. The van der Waals surface area contributed by atoms with Crippen LogP contribution in [0.25, 0.3) is 17.1 Å². The van der Waals surface area contributed by atoms with Gasteiger partial charge in [-0.2, -0.15) is 15.1 Å². The van der Waals surface area contributed by atoms with Crippen molar-refractivity contribution in [3.8, 4) is 5.95 Å². The zero-order valence-electron chi connectivity index (χ0n) is 36.5. The van der Waals surface area contributed by atoms with Gasteiger partial charge in [-0.15, -0.1) is 0 Å². The number of hydrogen-bond donors (Lipinski definition) is 1. The van der Waals surface area contributed by atoms with E-state index in [0.29, 0.717) is 29.6 Å². The van der Waals surface area contributed by atoms with Crippen molar-refractivity contribution >= 4 is 47.9 Å². The van der Waals surface area contributed by atoms with E-state index in [2.05, 4.69) is 117 Å². The molecule has 55 heavy (non-hydrogen) atoms. The molecule has 1 saturated heterocycles. The van der Waals surface area contributed by atoms with Crippen LogP contribution in [0, 0.1) is 0 Å². The predicted octanol–water partition coefficient (Wildman–Crippen LogP) is 9.24. The summed E-state index contributed by atoms with van der Waals surface area (Å²) in [5.41, 5.74) is 1.53. The van der Waals surface area contributed by atoms with Gasteiger partial charge in [0, 0.05) is 12.2 Å². The first-order chi connectivity index (χ1) is 25.3. The molecule has 13 nitrogen and oxygen atoms in total. The minimum atomic E-state index is -2.39. The number of carbonyl (C=O) groups is 1. The molecule has 1 saturated carbocycles. The maximum Gasteiger partial charge on any atom is 0.341 e. The molecule has 3 aromatic heterocycles. The maximum absolute atomic E-state index is 12.5. The second-order valence-corrected chi connectivity index (χ2v) is 34.4. The van der Waals surface area contributed by atoms with Gasteiger partial charge in [0.1, 0.15) is 30.2 Å². The summed E-state index contributed by atoms with van der Waals surface area (Å²) in [6, 6.07) is 0.242. The highest BCUT2D eigenvalue weighted by molar-refractivity contribution is 6.75. The Morgan fingerprint density at radius 3 is 2.02 bits per heavy atom. The molecule has 4 heterocycles. The number of carbonyl (C=O) groups excluding carboxylic acids is 1. The highest BCUT2D eigenvalue weighted by Gasteiger charge is 2.55. The molecule has 0 unspecified atom stereocenters. The average Bonchev–Trinajstić information content (AvgIpc) is 3.86. The molecule has 0 bridgehead atoms. The first-order valence-electron chi connectivity index (χ1n) is 20.1. The Kier molecular flexibility index (Phi) is 12.5. The maximum atomic E-state index is 12.5. The van der Waals surface area contributed by atoms with Crippen LogP contribution < -0.4 is 5.32 Å². The molecule has 3 aromatic rings. The molecule has 5 rings (SSSR count). The third-order valence-corrected chi connectivity index (χ3v) is 26.3. The molecule has 4 atom stereocenters. The molecule has 1 aliphatic carbocycles. The van der Waals surface area contributed by atoms with E-state index in [1.54, 1.807) is 19.4 Å². The van der Waals surface area contributed by atoms with Crippen LogP contribution in [0.15, 0.2) is 18.7 Å². The van der Waals surface area contributed by atoms with E-state index in [-0.39, 0.29) is 33.9 Å². The number of imidazole rings is 1. The van der Waals surface area contributed by atoms with E-state index < -0.39 is 49.4 Å². The second-order valence-electron chi connectivity index (χ2n) is 20.0. The van der Waals surface area contributed by atoms with Gasteiger partial charge in [0.25, 0.3) is 5.95 Å². The highest BCUT2D eigenvalue weighted by atomic mass is 28.4. The molecule has 0 aromatic carbocycles. The van der Waals surface area contributed by atoms with Crippen LogP contribution in [-0.2, 0) is 22.8 Å². The third kappa shape index (κ3) is 9.31. The van der Waals surface area contributed by atoms with Crippen LogP contribution in [-0.4, -0.2) is 97.8 Å². The van der Waals surface area contributed by atoms with Crippen LogP contribution in [0.4, 0.5) is 5.82 Å². The van der Waals surface area contributed by atoms with Crippen LogP contribution >= 0.6 is 0 Å². The number of hydrogen-bond acceptors (Lipinski definition) is 11. The van der Waals surface area contributed by atoms with Crippen molar-refractivity contribution in [1.82, 2.24) is 29.3 Å². The Morgan fingerprint density at radius 2 is 1.45 bits per heavy atom. The normalized spacial score (nSPS) is 22.2. The number of fused-ring (bicyclic) bond motifs is 1. The van der Waals surface area contributed by atoms with Crippen LogP contribution in [0.1, 0.15) is 112 Å². The van der Waals surface area contributed by atoms with E-state index in [9.17, 15) is 4.79 Å². The van der Waals surface area contributed by atoms with Gasteiger partial charge in [0.05, 0.1) is 25.0 Å². The number of aromatic nitrogens is 6. The Balaban J connectivity index is 1.67. The zero-order chi connectivity index (χ0) is 40.9. The molecule has 1 N–H and O–H groups in total. The van der Waals surface area contributed by atoms with E-state index in [4.69, 9.17) is 37.7 Å². The van der Waals surface area contributed by atoms with Crippen molar-refractivity contribution in [2.45, 2.75) is 180 Å². The lowest BCUT2D eigenvalue weighted by Crippen LogP contribution is -2.54. The summed E-state index contributed by atoms with van der Waals surface area (Å²) in [5, 5.41) is 8.10. The van der Waals surface area contributed by atoms with Crippen LogP contribution in [0.3, 0.4) is 0 Å². The van der Waals surface area contributed by atoms with Gasteiger partial charge >= 0.3 is 5.97 Å². The molecule has 2 fully saturated rings. The second kappa shape index (κ2) is 15.7. The molecule has 1 aliphatic heterocycles. The van der Waals surface area contributed by atoms with Gasteiger partial charge in [0.2, 0.25) is 0 Å². The fourth-order valence-electron chi connectivity index (χ4n) is 6.22. The number of nitrogens with one attached hydrogen (secondary N) is 1. The lowest BCUT2D eigenvalue weighted by atomic mass is 10.1. The van der Waals surface area contributed by atoms with Crippen LogP contribution in [0.5, 0.6) is 0 Å². The molecular weight excluding hydrogens is 747 g/mol. The summed E-state index contributed by atoms with van der Waals surface area (Å²) in [5.74, 6) is 0.487. The molecule has 0 spiro atoms. The van der Waals surface area contributed by atoms with Crippen molar-refractivity contribution in [3.05, 3.63) is 24.3 Å². The summed E-state index contributed by atoms with van der Waals surface area (Å²) < 4.78 is 37.8. The topological polar surface area (TPSA) is 137 Å². The highest BCUT2D eigenvalue weighted by Crippen LogP contribution is 2.47. The summed E-state index contributed by atoms with van der Waals surface area (Å²) in [6.45, 7) is 36.5. The fraction of sp³-hybridized carbons (Fsp3) is 0.769. The summed E-state index contributed by atoms with van der Waals surface area (Å²) in [4.78, 5) is 27.3. The fourth-order valence-corrected chi connectivity index (χ4v) is 9.84. The van der Waals surface area contributed by atoms with E-state index in [1.165, 1.54) is 10.9 Å². The Labute approximate surface area is 332 Å². The van der Waals surface area contributed by atoms with Gasteiger partial charge in [-0.1, -0.05) is 75.2 Å². The molecule has 16 heteroatoms. The predicted molar refractivity (Wildman–Crippen MR) is 225 cm³/mol. The van der Waals surface area contributed by atoms with E-state index >= 15 is 0 Å². The SMILES string of the molecule is CCOC(=O)c1cnn(-c2nc(NC3CCCC3)c3c(ncn3[C@@H]3O[C@H](CO[Si](C)(C)C(C)(C)C)[C@@H](O[Si](C)(C)C(C)(C)C)[C@H]3O[Si](C)(C)C(C)(C)C)n2)c1. The lowest BCUT2D eigenvalue weighted by molar-refractivity contribution is -0.0468. The van der Waals surface area contributed by atoms with Crippen molar-refractivity contribution in [1.29, 1.82) is 0 Å². The molecular formula is C39H69N7O6Si3. The standard InChI is InChI=1S/C39H69N7O6Si3/c1-17-48-35(47)26-22-41-46(23-26)36-43-32-29(33(44-36)42-27-20-18-19-21-27)45(25-40-32)34-31(52-55(15,16)39(8,9)10)30(51-54(13,14)38(5,6)7)28(50-34)24-49-53(11,12)37(2,3)4/h22-23,25,27-28,30-31,34H,17-21,24H2,1-16H3,(H,42,43,44)/t28-,30-,31-,34-/m1/s1. The Bertz CT molecular complexity index is 1800. The lowest BCUT2D eigenvalue weighted by Gasteiger charge is -2.44. The smallest absolute Gasteiger partial charge is 0.341 e. The van der Waals surface area contributed by atoms with Crippen molar-refractivity contribution < 1.29 is 27.5 Å². The van der Waals surface area contributed by atoms with Gasteiger partial charge in [0.15, 0.2) is 42.6 Å². The van der Waals surface area contributed by atoms with E-state index in [1.807, 2.05) is 0 Å². The van der Waals surface area contributed by atoms with Gasteiger partial charge in [-0.25, -0.2) is 14.5 Å². The molecule has 2 aliphatic rings. The third-order valence-electron chi connectivity index (χ3n) is 12.9. The number of esters is 1. The minimum absolute atomic E-state index is 0.0277. The Morgan fingerprint density at radius 1 is 0.873 bits per heavy atom. The molecule has 0 amide bonds. The molecule has 308 valence electrons. The van der Waals surface area contributed by atoms with E-state index in [0.717, 1.165) is 31.2 Å². The van der Waals surface area contributed by atoms with Crippen molar-refractivity contribution in [2.24, 2.45) is 0 Å². The number of anilines is 1. The first-order valence-corrected chi connectivity index (χ1v) is 28.9. The first kappa shape index (κ1) is 43.6. The minimum Gasteiger partial charge on any atom is -0.462 e. The summed E-state index contributed by atoms with van der Waals surface area (Å²) in [6.07, 6.45) is 7.39. The summed E-state index contributed by atoms with van der Waals surface area (Å²) >= 11 is 0. The van der Waals surface area contributed by atoms with Gasteiger partial charge in [-0.3, -0.25) is 4.57 Å². The number of nitrogens with zero attached hydrogens (tertiary/aromatic N) is 6. The number of rotatable bonds is 13. The Hall–Kier alpha value is -2.48. The van der Waals surface area contributed by atoms with Gasteiger partial charge < -0.3 is 28.1 Å². The largest absolute Gasteiger partial charge is 0.462 e. The monoisotopic (exact) mass is 815 g/mol. The molecule has 0 radical (unpaired) electrons.